The maximum Gasteiger partial charge on any atom is 0.309 e. The molecule has 0 aromatic carbocycles. The SMILES string of the molecule is CC(=O)[C@@H]1CC[C@]2(C(=O)O)CC[C@]3(C)[C@H](CC[C@@H]4[C@@]5(C)C[C@H](O)[C@H](O)C(C)(C)[C@@H]5CC[C@]43C)[C@@H]12. The summed E-state index contributed by atoms with van der Waals surface area (Å²) in [4.78, 5) is 25.4. The third kappa shape index (κ3) is 2.75. The van der Waals surface area contributed by atoms with Crippen LogP contribution in [0.4, 0.5) is 0 Å². The van der Waals surface area contributed by atoms with Crippen molar-refractivity contribution in [3.63, 3.8) is 0 Å². The highest BCUT2D eigenvalue weighted by atomic mass is 16.4. The molecule has 5 rings (SSSR count). The van der Waals surface area contributed by atoms with Crippen molar-refractivity contribution in [3.8, 4) is 0 Å². The van der Waals surface area contributed by atoms with Gasteiger partial charge in [0.2, 0.25) is 0 Å². The molecule has 0 unspecified atom stereocenters. The lowest BCUT2D eigenvalue weighted by Crippen LogP contribution is -2.68. The summed E-state index contributed by atoms with van der Waals surface area (Å²) in [5.41, 5.74) is -1.11. The van der Waals surface area contributed by atoms with Crippen molar-refractivity contribution in [3.05, 3.63) is 0 Å². The molecule has 11 atom stereocenters. The van der Waals surface area contributed by atoms with E-state index in [-0.39, 0.29) is 45.2 Å². The van der Waals surface area contributed by atoms with E-state index >= 15 is 0 Å². The van der Waals surface area contributed by atoms with Gasteiger partial charge in [0, 0.05) is 5.92 Å². The molecule has 5 saturated carbocycles. The number of aliphatic hydroxyl groups excluding tert-OH is 2. The van der Waals surface area contributed by atoms with Crippen molar-refractivity contribution in [2.45, 2.75) is 112 Å². The molecule has 5 fully saturated rings. The number of ketones is 1. The Labute approximate surface area is 205 Å². The van der Waals surface area contributed by atoms with Crippen molar-refractivity contribution in [2.24, 2.45) is 56.7 Å². The predicted octanol–water partition coefficient (Wildman–Crippen LogP) is 5.07. The van der Waals surface area contributed by atoms with E-state index in [1.54, 1.807) is 6.92 Å². The third-order valence-corrected chi connectivity index (χ3v) is 13.3. The van der Waals surface area contributed by atoms with Gasteiger partial charge in [-0.1, -0.05) is 34.6 Å². The summed E-state index contributed by atoms with van der Waals surface area (Å²) in [6, 6.07) is 0. The molecule has 0 heterocycles. The Morgan fingerprint density at radius 3 is 2.09 bits per heavy atom. The molecular formula is C29H46O5. The fourth-order valence-corrected chi connectivity index (χ4v) is 11.6. The summed E-state index contributed by atoms with van der Waals surface area (Å²) in [7, 11) is 0. The first-order valence-electron chi connectivity index (χ1n) is 13.8. The van der Waals surface area contributed by atoms with Crippen molar-refractivity contribution >= 4 is 11.8 Å². The molecule has 5 aliphatic rings. The predicted molar refractivity (Wildman–Crippen MR) is 130 cm³/mol. The Morgan fingerprint density at radius 2 is 1.47 bits per heavy atom. The lowest BCUT2D eigenvalue weighted by Gasteiger charge is -2.73. The minimum absolute atomic E-state index is 0.0172. The van der Waals surface area contributed by atoms with Crippen LogP contribution in [0.3, 0.4) is 0 Å². The molecular weight excluding hydrogens is 428 g/mol. The Kier molecular flexibility index (Phi) is 5.32. The minimum atomic E-state index is -0.738. The van der Waals surface area contributed by atoms with E-state index in [4.69, 9.17) is 0 Å². The lowest BCUT2D eigenvalue weighted by molar-refractivity contribution is -0.263. The fourth-order valence-electron chi connectivity index (χ4n) is 11.6. The van der Waals surface area contributed by atoms with Gasteiger partial charge in [-0.25, -0.2) is 0 Å². The Bertz CT molecular complexity index is 897. The van der Waals surface area contributed by atoms with Crippen LogP contribution in [0.25, 0.3) is 0 Å². The molecule has 0 saturated heterocycles. The summed E-state index contributed by atoms with van der Waals surface area (Å²) < 4.78 is 0. The van der Waals surface area contributed by atoms with Gasteiger partial charge < -0.3 is 15.3 Å². The van der Waals surface area contributed by atoms with Gasteiger partial charge in [0.05, 0.1) is 17.6 Å². The van der Waals surface area contributed by atoms with Crippen LogP contribution in [0.1, 0.15) is 99.3 Å². The first kappa shape index (κ1) is 24.7. The Morgan fingerprint density at radius 1 is 0.794 bits per heavy atom. The van der Waals surface area contributed by atoms with Gasteiger partial charge in [0.25, 0.3) is 0 Å². The average molecular weight is 475 g/mol. The van der Waals surface area contributed by atoms with E-state index in [0.29, 0.717) is 31.1 Å². The van der Waals surface area contributed by atoms with E-state index in [9.17, 15) is 24.9 Å². The summed E-state index contributed by atoms with van der Waals surface area (Å²) in [6.45, 7) is 13.2. The average Bonchev–Trinajstić information content (AvgIpc) is 3.14. The molecule has 0 aromatic rings. The molecule has 0 aromatic heterocycles. The first-order valence-corrected chi connectivity index (χ1v) is 13.8. The van der Waals surface area contributed by atoms with Crippen molar-refractivity contribution in [1.82, 2.24) is 0 Å². The summed E-state index contributed by atoms with van der Waals surface area (Å²) in [5.74, 6) is 0.343. The number of rotatable bonds is 2. The maximum absolute atomic E-state index is 12.7. The molecule has 192 valence electrons. The second-order valence-electron chi connectivity index (χ2n) is 14.4. The second kappa shape index (κ2) is 7.31. The van der Waals surface area contributed by atoms with Gasteiger partial charge in [-0.3, -0.25) is 9.59 Å². The monoisotopic (exact) mass is 474 g/mol. The second-order valence-corrected chi connectivity index (χ2v) is 14.4. The zero-order valence-electron chi connectivity index (χ0n) is 22.1. The summed E-state index contributed by atoms with van der Waals surface area (Å²) in [6.07, 6.45) is 6.31. The molecule has 0 spiro atoms. The molecule has 34 heavy (non-hydrogen) atoms. The van der Waals surface area contributed by atoms with Crippen LogP contribution in [-0.2, 0) is 9.59 Å². The summed E-state index contributed by atoms with van der Waals surface area (Å²) >= 11 is 0. The molecule has 0 amide bonds. The number of aliphatic hydroxyl groups is 2. The van der Waals surface area contributed by atoms with Crippen LogP contribution in [0.15, 0.2) is 0 Å². The number of hydrogen-bond donors (Lipinski definition) is 3. The summed E-state index contributed by atoms with van der Waals surface area (Å²) in [5, 5.41) is 32.2. The molecule has 3 N–H and O–H groups in total. The van der Waals surface area contributed by atoms with Crippen molar-refractivity contribution in [2.75, 3.05) is 0 Å². The number of aliphatic carboxylic acids is 1. The Balaban J connectivity index is 1.57. The van der Waals surface area contributed by atoms with Gasteiger partial charge in [0.1, 0.15) is 5.78 Å². The van der Waals surface area contributed by atoms with Crippen LogP contribution < -0.4 is 0 Å². The van der Waals surface area contributed by atoms with Gasteiger partial charge in [0.15, 0.2) is 0 Å². The van der Waals surface area contributed by atoms with Gasteiger partial charge in [-0.05, 0) is 110 Å². The maximum atomic E-state index is 12.7. The van der Waals surface area contributed by atoms with Crippen molar-refractivity contribution in [1.29, 1.82) is 0 Å². The van der Waals surface area contributed by atoms with Crippen LogP contribution in [0, 0.1) is 56.7 Å². The number of Topliss-reactive ketones (excluding diaryl/α,β-unsaturated/α-hetero) is 1. The zero-order chi connectivity index (χ0) is 25.1. The number of carbonyl (C=O) groups is 2. The molecule has 5 nitrogen and oxygen atoms in total. The molecule has 5 heteroatoms. The number of fused-ring (bicyclic) bond motifs is 7. The smallest absolute Gasteiger partial charge is 0.309 e. The highest BCUT2D eigenvalue weighted by molar-refractivity contribution is 5.83. The minimum Gasteiger partial charge on any atom is -0.481 e. The van der Waals surface area contributed by atoms with Crippen LogP contribution in [-0.4, -0.2) is 39.3 Å². The largest absolute Gasteiger partial charge is 0.481 e. The molecule has 0 aliphatic heterocycles. The molecule has 5 aliphatic carbocycles. The number of carboxylic acids is 1. The number of hydrogen-bond acceptors (Lipinski definition) is 4. The van der Waals surface area contributed by atoms with E-state index in [0.717, 1.165) is 38.5 Å². The topological polar surface area (TPSA) is 94.8 Å². The van der Waals surface area contributed by atoms with E-state index < -0.39 is 23.6 Å². The van der Waals surface area contributed by atoms with E-state index in [1.807, 2.05) is 0 Å². The zero-order valence-corrected chi connectivity index (χ0v) is 22.1. The van der Waals surface area contributed by atoms with Gasteiger partial charge in [-0.15, -0.1) is 0 Å². The first-order chi connectivity index (χ1) is 15.7. The van der Waals surface area contributed by atoms with Crippen LogP contribution in [0.2, 0.25) is 0 Å². The number of carbonyl (C=O) groups excluding carboxylic acids is 1. The Hall–Kier alpha value is -0.940. The van der Waals surface area contributed by atoms with Crippen molar-refractivity contribution < 1.29 is 24.9 Å². The van der Waals surface area contributed by atoms with Gasteiger partial charge in [-0.2, -0.15) is 0 Å². The highest BCUT2D eigenvalue weighted by Crippen LogP contribution is 2.77. The molecule has 0 bridgehead atoms. The van der Waals surface area contributed by atoms with E-state index in [2.05, 4.69) is 34.6 Å². The number of carboxylic acid groups (broad SMARTS) is 1. The highest BCUT2D eigenvalue weighted by Gasteiger charge is 2.72. The normalized spacial score (nSPS) is 55.9. The lowest BCUT2D eigenvalue weighted by atomic mass is 9.32. The van der Waals surface area contributed by atoms with E-state index in [1.165, 1.54) is 0 Å². The molecule has 0 radical (unpaired) electrons. The third-order valence-electron chi connectivity index (χ3n) is 13.3. The van der Waals surface area contributed by atoms with Crippen LogP contribution >= 0.6 is 0 Å². The van der Waals surface area contributed by atoms with Crippen LogP contribution in [0.5, 0.6) is 0 Å². The van der Waals surface area contributed by atoms with Gasteiger partial charge >= 0.3 is 5.97 Å². The quantitative estimate of drug-likeness (QED) is 0.519. The standard InChI is InChI=1S/C29H46O5/c1-16(30)17-9-12-29(24(33)34)14-13-27(5)18(22(17)29)7-8-21-26(4)15-19(31)23(32)25(2,3)20(26)10-11-28(21,27)6/h17-23,31-32H,7-15H2,1-6H3,(H,33,34)/t17-,18+,19-,20-,21+,22+,23-,26-,27+,28+,29-/m0/s1. The fraction of sp³-hybridized carbons (Fsp3) is 0.931.